The third-order valence-electron chi connectivity index (χ3n) is 3.64. The van der Waals surface area contributed by atoms with Crippen LogP contribution in [0.3, 0.4) is 0 Å². The van der Waals surface area contributed by atoms with Crippen LogP contribution in [0.5, 0.6) is 0 Å². The van der Waals surface area contributed by atoms with Crippen molar-refractivity contribution in [2.75, 3.05) is 13.7 Å². The fourth-order valence-corrected chi connectivity index (χ4v) is 2.46. The molecule has 1 aromatic rings. The molecule has 2 unspecified atom stereocenters. The van der Waals surface area contributed by atoms with Crippen LogP contribution in [-0.4, -0.2) is 23.8 Å². The lowest BCUT2D eigenvalue weighted by atomic mass is 9.94. The van der Waals surface area contributed by atoms with E-state index in [1.54, 1.807) is 7.11 Å². The van der Waals surface area contributed by atoms with Gasteiger partial charge in [0.25, 0.3) is 0 Å². The van der Waals surface area contributed by atoms with Crippen LogP contribution in [0.4, 0.5) is 0 Å². The molecule has 0 aromatic carbocycles. The van der Waals surface area contributed by atoms with Gasteiger partial charge < -0.3 is 14.6 Å². The molecule has 5 nitrogen and oxygen atoms in total. The minimum atomic E-state index is -0.114. The van der Waals surface area contributed by atoms with E-state index in [0.717, 1.165) is 32.2 Å². The maximum atomic E-state index is 5.42. The largest absolute Gasteiger partial charge is 0.373 e. The molecule has 1 aliphatic heterocycles. The molecule has 0 aliphatic carbocycles. The highest BCUT2D eigenvalue weighted by atomic mass is 16.5. The number of rotatable bonds is 5. The van der Waals surface area contributed by atoms with E-state index in [1.165, 1.54) is 0 Å². The van der Waals surface area contributed by atoms with Gasteiger partial charge in [-0.25, -0.2) is 0 Å². The number of nitrogens with zero attached hydrogens (tertiary/aromatic N) is 2. The zero-order valence-corrected chi connectivity index (χ0v) is 10.8. The Balaban J connectivity index is 2.22. The highest BCUT2D eigenvalue weighted by molar-refractivity contribution is 5.07. The van der Waals surface area contributed by atoms with Crippen LogP contribution in [-0.2, 0) is 10.3 Å². The van der Waals surface area contributed by atoms with E-state index in [0.29, 0.717) is 11.7 Å². The summed E-state index contributed by atoms with van der Waals surface area (Å²) in [5.74, 6) is 1.37. The number of aromatic nitrogens is 2. The molecule has 5 heteroatoms. The molecule has 2 atom stereocenters. The third-order valence-corrected chi connectivity index (χ3v) is 3.64. The number of methoxy groups -OCH3 is 1. The van der Waals surface area contributed by atoms with Gasteiger partial charge in [-0.15, -0.1) is 0 Å². The van der Waals surface area contributed by atoms with Crippen LogP contribution in [0.1, 0.15) is 57.3 Å². The Morgan fingerprint density at radius 2 is 2.35 bits per heavy atom. The van der Waals surface area contributed by atoms with Crippen LogP contribution in [0.15, 0.2) is 4.52 Å². The SMILES string of the molecule is CCC(OC)c1noc(C2(CC)CCCN2)n1. The van der Waals surface area contributed by atoms with E-state index < -0.39 is 0 Å². The molecule has 1 aliphatic rings. The van der Waals surface area contributed by atoms with Crippen molar-refractivity contribution in [3.63, 3.8) is 0 Å². The fourth-order valence-electron chi connectivity index (χ4n) is 2.46. The van der Waals surface area contributed by atoms with Gasteiger partial charge in [0.1, 0.15) is 6.10 Å². The molecule has 0 bridgehead atoms. The second-order valence-electron chi connectivity index (χ2n) is 4.56. The monoisotopic (exact) mass is 239 g/mol. The van der Waals surface area contributed by atoms with Crippen molar-refractivity contribution >= 4 is 0 Å². The summed E-state index contributed by atoms with van der Waals surface area (Å²) in [6.45, 7) is 5.22. The lowest BCUT2D eigenvalue weighted by Gasteiger charge is -2.22. The van der Waals surface area contributed by atoms with Gasteiger partial charge in [0.2, 0.25) is 11.7 Å². The molecule has 2 heterocycles. The number of nitrogens with one attached hydrogen (secondary N) is 1. The van der Waals surface area contributed by atoms with Crippen molar-refractivity contribution in [2.45, 2.75) is 51.2 Å². The molecule has 1 N–H and O–H groups in total. The van der Waals surface area contributed by atoms with Crippen molar-refractivity contribution in [1.29, 1.82) is 0 Å². The predicted octanol–water partition coefficient (Wildman–Crippen LogP) is 2.16. The van der Waals surface area contributed by atoms with Crippen molar-refractivity contribution in [2.24, 2.45) is 0 Å². The van der Waals surface area contributed by atoms with Crippen LogP contribution >= 0.6 is 0 Å². The molecule has 0 radical (unpaired) electrons. The smallest absolute Gasteiger partial charge is 0.247 e. The van der Waals surface area contributed by atoms with Crippen molar-refractivity contribution in [3.05, 3.63) is 11.7 Å². The van der Waals surface area contributed by atoms with Gasteiger partial charge in [-0.3, -0.25) is 0 Å². The Morgan fingerprint density at radius 1 is 1.53 bits per heavy atom. The number of hydrogen-bond acceptors (Lipinski definition) is 5. The summed E-state index contributed by atoms with van der Waals surface area (Å²) >= 11 is 0. The first-order chi connectivity index (χ1) is 8.25. The molecule has 0 saturated carbocycles. The van der Waals surface area contributed by atoms with E-state index >= 15 is 0 Å². The van der Waals surface area contributed by atoms with Crippen molar-refractivity contribution in [3.8, 4) is 0 Å². The zero-order chi connectivity index (χ0) is 12.3. The first-order valence-electron chi connectivity index (χ1n) is 6.37. The first kappa shape index (κ1) is 12.5. The number of hydrogen-bond donors (Lipinski definition) is 1. The van der Waals surface area contributed by atoms with Crippen LogP contribution < -0.4 is 5.32 Å². The van der Waals surface area contributed by atoms with Gasteiger partial charge in [0.15, 0.2) is 0 Å². The van der Waals surface area contributed by atoms with Gasteiger partial charge in [-0.05, 0) is 32.2 Å². The maximum absolute atomic E-state index is 5.42. The van der Waals surface area contributed by atoms with E-state index in [2.05, 4.69) is 22.4 Å². The Bertz CT molecular complexity index is 354. The zero-order valence-electron chi connectivity index (χ0n) is 10.8. The Labute approximate surface area is 102 Å². The second kappa shape index (κ2) is 5.14. The summed E-state index contributed by atoms with van der Waals surface area (Å²) in [5.41, 5.74) is -0.114. The maximum Gasteiger partial charge on any atom is 0.247 e. The lowest BCUT2D eigenvalue weighted by Crippen LogP contribution is -2.36. The van der Waals surface area contributed by atoms with Gasteiger partial charge in [-0.1, -0.05) is 19.0 Å². The summed E-state index contributed by atoms with van der Waals surface area (Å²) in [6.07, 6.45) is 3.98. The van der Waals surface area contributed by atoms with E-state index in [1.807, 2.05) is 6.92 Å². The van der Waals surface area contributed by atoms with Crippen LogP contribution in [0.25, 0.3) is 0 Å². The molecule has 17 heavy (non-hydrogen) atoms. The molecule has 96 valence electrons. The molecule has 1 fully saturated rings. The number of ether oxygens (including phenoxy) is 1. The molecular weight excluding hydrogens is 218 g/mol. The van der Waals surface area contributed by atoms with Crippen LogP contribution in [0.2, 0.25) is 0 Å². The van der Waals surface area contributed by atoms with E-state index in [9.17, 15) is 0 Å². The molecule has 1 aromatic heterocycles. The minimum Gasteiger partial charge on any atom is -0.373 e. The summed E-state index contributed by atoms with van der Waals surface area (Å²) in [7, 11) is 1.67. The summed E-state index contributed by atoms with van der Waals surface area (Å²) in [5, 5.41) is 7.53. The van der Waals surface area contributed by atoms with E-state index in [-0.39, 0.29) is 11.6 Å². The van der Waals surface area contributed by atoms with Crippen molar-refractivity contribution < 1.29 is 9.26 Å². The fraction of sp³-hybridized carbons (Fsp3) is 0.833. The lowest BCUT2D eigenvalue weighted by molar-refractivity contribution is 0.0903. The predicted molar refractivity (Wildman–Crippen MR) is 63.5 cm³/mol. The van der Waals surface area contributed by atoms with Gasteiger partial charge in [0, 0.05) is 7.11 Å². The Kier molecular flexibility index (Phi) is 3.79. The quantitative estimate of drug-likeness (QED) is 0.853. The molecule has 0 amide bonds. The highest BCUT2D eigenvalue weighted by Crippen LogP contribution is 2.33. The molecular formula is C12H21N3O2. The standard InChI is InChI=1S/C12H21N3O2/c1-4-9(16-3)10-14-11(17-15-10)12(5-2)7-6-8-13-12/h9,13H,4-8H2,1-3H3. The average Bonchev–Trinajstić information content (AvgIpc) is 2.99. The van der Waals surface area contributed by atoms with Crippen LogP contribution in [0, 0.1) is 0 Å². The van der Waals surface area contributed by atoms with Gasteiger partial charge in [-0.2, -0.15) is 4.98 Å². The highest BCUT2D eigenvalue weighted by Gasteiger charge is 2.39. The van der Waals surface area contributed by atoms with Gasteiger partial charge in [0.05, 0.1) is 5.54 Å². The third kappa shape index (κ3) is 2.21. The Hall–Kier alpha value is -0.940. The Morgan fingerprint density at radius 3 is 2.88 bits per heavy atom. The topological polar surface area (TPSA) is 60.2 Å². The average molecular weight is 239 g/mol. The van der Waals surface area contributed by atoms with Crippen molar-refractivity contribution in [1.82, 2.24) is 15.5 Å². The molecule has 2 rings (SSSR count). The molecule has 1 saturated heterocycles. The summed E-state index contributed by atoms with van der Waals surface area (Å²) in [6, 6.07) is 0. The molecule has 0 spiro atoms. The second-order valence-corrected chi connectivity index (χ2v) is 4.56. The summed E-state index contributed by atoms with van der Waals surface area (Å²) < 4.78 is 10.7. The minimum absolute atomic E-state index is 0.0668. The van der Waals surface area contributed by atoms with E-state index in [4.69, 9.17) is 9.26 Å². The first-order valence-corrected chi connectivity index (χ1v) is 6.37. The van der Waals surface area contributed by atoms with Gasteiger partial charge >= 0.3 is 0 Å². The summed E-state index contributed by atoms with van der Waals surface area (Å²) in [4.78, 5) is 4.51. The normalized spacial score (nSPS) is 26.3.